The molecule has 1 fully saturated rings. The first-order valence-electron chi connectivity index (χ1n) is 8.93. The number of benzene rings is 1. The SMILES string of the molecule is COc1cc(OC)cc(C(=O)NCCC(=O)NC2CCCCCC2)c1. The predicted octanol–water partition coefficient (Wildman–Crippen LogP) is 2.66. The Morgan fingerprint density at radius 3 is 2.16 bits per heavy atom. The normalized spacial score (nSPS) is 15.1. The summed E-state index contributed by atoms with van der Waals surface area (Å²) in [6, 6.07) is 5.28. The maximum atomic E-state index is 12.2. The minimum Gasteiger partial charge on any atom is -0.497 e. The van der Waals surface area contributed by atoms with E-state index in [-0.39, 0.29) is 24.3 Å². The van der Waals surface area contributed by atoms with Crippen LogP contribution in [0.15, 0.2) is 18.2 Å². The smallest absolute Gasteiger partial charge is 0.251 e. The zero-order valence-corrected chi connectivity index (χ0v) is 15.1. The van der Waals surface area contributed by atoms with Gasteiger partial charge in [-0.2, -0.15) is 0 Å². The fourth-order valence-corrected chi connectivity index (χ4v) is 3.05. The van der Waals surface area contributed by atoms with E-state index in [9.17, 15) is 9.59 Å². The van der Waals surface area contributed by atoms with Crippen molar-refractivity contribution in [3.8, 4) is 11.5 Å². The number of carbonyl (C=O) groups excluding carboxylic acids is 2. The molecule has 6 heteroatoms. The van der Waals surface area contributed by atoms with Gasteiger partial charge < -0.3 is 20.1 Å². The molecule has 1 aromatic carbocycles. The highest BCUT2D eigenvalue weighted by Gasteiger charge is 2.15. The molecule has 0 aromatic heterocycles. The van der Waals surface area contributed by atoms with Crippen LogP contribution in [-0.2, 0) is 4.79 Å². The van der Waals surface area contributed by atoms with Crippen molar-refractivity contribution in [1.82, 2.24) is 10.6 Å². The minimum atomic E-state index is -0.250. The Morgan fingerprint density at radius 1 is 1.00 bits per heavy atom. The molecule has 2 N–H and O–H groups in total. The number of rotatable bonds is 7. The quantitative estimate of drug-likeness (QED) is 0.743. The van der Waals surface area contributed by atoms with Crippen LogP contribution in [-0.4, -0.2) is 38.6 Å². The lowest BCUT2D eigenvalue weighted by molar-refractivity contribution is -0.121. The van der Waals surface area contributed by atoms with E-state index in [0.717, 1.165) is 12.8 Å². The Kier molecular flexibility index (Phi) is 7.57. The van der Waals surface area contributed by atoms with Gasteiger partial charge in [-0.05, 0) is 25.0 Å². The zero-order valence-electron chi connectivity index (χ0n) is 15.1. The fraction of sp³-hybridized carbons (Fsp3) is 0.579. The van der Waals surface area contributed by atoms with Crippen molar-refractivity contribution in [2.24, 2.45) is 0 Å². The number of nitrogens with one attached hydrogen (secondary N) is 2. The Hall–Kier alpha value is -2.24. The molecule has 0 spiro atoms. The fourth-order valence-electron chi connectivity index (χ4n) is 3.05. The van der Waals surface area contributed by atoms with Gasteiger partial charge in [0.05, 0.1) is 14.2 Å². The molecule has 6 nitrogen and oxygen atoms in total. The second-order valence-corrected chi connectivity index (χ2v) is 6.36. The van der Waals surface area contributed by atoms with Gasteiger partial charge in [-0.1, -0.05) is 25.7 Å². The van der Waals surface area contributed by atoms with Crippen molar-refractivity contribution in [3.63, 3.8) is 0 Å². The molecular formula is C19H28N2O4. The molecule has 0 aliphatic heterocycles. The zero-order chi connectivity index (χ0) is 18.1. The molecule has 1 aliphatic rings. The van der Waals surface area contributed by atoms with E-state index in [1.165, 1.54) is 39.9 Å². The standard InChI is InChI=1S/C19H28N2O4/c1-24-16-11-14(12-17(13-16)25-2)19(23)20-10-9-18(22)21-15-7-5-3-4-6-8-15/h11-13,15H,3-10H2,1-2H3,(H,20,23)(H,21,22). The molecular weight excluding hydrogens is 320 g/mol. The van der Waals surface area contributed by atoms with Gasteiger partial charge in [0.2, 0.25) is 5.91 Å². The van der Waals surface area contributed by atoms with Crippen LogP contribution in [0.5, 0.6) is 11.5 Å². The van der Waals surface area contributed by atoms with E-state index in [2.05, 4.69) is 10.6 Å². The van der Waals surface area contributed by atoms with Crippen molar-refractivity contribution < 1.29 is 19.1 Å². The third-order valence-corrected chi connectivity index (χ3v) is 4.47. The molecule has 1 aliphatic carbocycles. The summed E-state index contributed by atoms with van der Waals surface area (Å²) in [5.74, 6) is 0.848. The monoisotopic (exact) mass is 348 g/mol. The lowest BCUT2D eigenvalue weighted by Crippen LogP contribution is -2.36. The average molecular weight is 348 g/mol. The average Bonchev–Trinajstić information content (AvgIpc) is 2.89. The molecule has 1 aromatic rings. The van der Waals surface area contributed by atoms with Gasteiger partial charge in [-0.3, -0.25) is 9.59 Å². The van der Waals surface area contributed by atoms with Gasteiger partial charge in [0, 0.05) is 30.6 Å². The van der Waals surface area contributed by atoms with Gasteiger partial charge in [-0.15, -0.1) is 0 Å². The predicted molar refractivity (Wildman–Crippen MR) is 96.1 cm³/mol. The number of amides is 2. The molecule has 1 saturated carbocycles. The van der Waals surface area contributed by atoms with E-state index >= 15 is 0 Å². The van der Waals surface area contributed by atoms with Crippen LogP contribution in [0.2, 0.25) is 0 Å². The Bertz CT molecular complexity index is 559. The molecule has 0 radical (unpaired) electrons. The molecule has 0 saturated heterocycles. The van der Waals surface area contributed by atoms with Crippen LogP contribution in [0.3, 0.4) is 0 Å². The topological polar surface area (TPSA) is 76.7 Å². The molecule has 2 amide bonds. The number of hydrogen-bond acceptors (Lipinski definition) is 4. The van der Waals surface area contributed by atoms with E-state index in [0.29, 0.717) is 23.6 Å². The highest BCUT2D eigenvalue weighted by Crippen LogP contribution is 2.22. The summed E-state index contributed by atoms with van der Waals surface area (Å²) >= 11 is 0. The maximum absolute atomic E-state index is 12.2. The summed E-state index contributed by atoms with van der Waals surface area (Å²) in [7, 11) is 3.07. The summed E-state index contributed by atoms with van der Waals surface area (Å²) in [5.41, 5.74) is 0.445. The van der Waals surface area contributed by atoms with Gasteiger partial charge in [0.25, 0.3) is 5.91 Å². The van der Waals surface area contributed by atoms with E-state index in [4.69, 9.17) is 9.47 Å². The van der Waals surface area contributed by atoms with Gasteiger partial charge in [0.15, 0.2) is 0 Å². The van der Waals surface area contributed by atoms with Crippen molar-refractivity contribution in [3.05, 3.63) is 23.8 Å². The highest BCUT2D eigenvalue weighted by atomic mass is 16.5. The molecule has 0 heterocycles. The number of carbonyl (C=O) groups is 2. The lowest BCUT2D eigenvalue weighted by Gasteiger charge is -2.16. The van der Waals surface area contributed by atoms with Gasteiger partial charge in [0.1, 0.15) is 11.5 Å². The molecule has 138 valence electrons. The van der Waals surface area contributed by atoms with Crippen LogP contribution < -0.4 is 20.1 Å². The highest BCUT2D eigenvalue weighted by molar-refractivity contribution is 5.95. The number of hydrogen-bond donors (Lipinski definition) is 2. The van der Waals surface area contributed by atoms with Crippen molar-refractivity contribution in [1.29, 1.82) is 0 Å². The van der Waals surface area contributed by atoms with Crippen LogP contribution in [0.1, 0.15) is 55.3 Å². The summed E-state index contributed by atoms with van der Waals surface area (Å²) in [5, 5.41) is 5.85. The lowest BCUT2D eigenvalue weighted by atomic mass is 10.1. The third kappa shape index (κ3) is 6.29. The van der Waals surface area contributed by atoms with Crippen LogP contribution in [0.25, 0.3) is 0 Å². The largest absolute Gasteiger partial charge is 0.497 e. The maximum Gasteiger partial charge on any atom is 0.251 e. The first-order valence-corrected chi connectivity index (χ1v) is 8.93. The molecule has 0 bridgehead atoms. The second kappa shape index (κ2) is 9.91. The van der Waals surface area contributed by atoms with Crippen LogP contribution in [0, 0.1) is 0 Å². The first kappa shape index (κ1) is 19.1. The number of ether oxygens (including phenoxy) is 2. The van der Waals surface area contributed by atoms with E-state index in [1.54, 1.807) is 18.2 Å². The molecule has 0 unspecified atom stereocenters. The third-order valence-electron chi connectivity index (χ3n) is 4.47. The summed E-state index contributed by atoms with van der Waals surface area (Å²) in [6.07, 6.45) is 7.27. The Labute approximate surface area is 149 Å². The molecule has 2 rings (SSSR count). The van der Waals surface area contributed by atoms with Crippen molar-refractivity contribution in [2.45, 2.75) is 51.0 Å². The first-order chi connectivity index (χ1) is 12.1. The van der Waals surface area contributed by atoms with Gasteiger partial charge in [-0.25, -0.2) is 0 Å². The van der Waals surface area contributed by atoms with E-state index in [1.807, 2.05) is 0 Å². The second-order valence-electron chi connectivity index (χ2n) is 6.36. The molecule has 25 heavy (non-hydrogen) atoms. The van der Waals surface area contributed by atoms with Crippen LogP contribution in [0.4, 0.5) is 0 Å². The summed E-state index contributed by atoms with van der Waals surface area (Å²) in [4.78, 5) is 24.3. The minimum absolute atomic E-state index is 0.00424. The Balaban J connectivity index is 1.78. The number of methoxy groups -OCH3 is 2. The van der Waals surface area contributed by atoms with Gasteiger partial charge >= 0.3 is 0 Å². The van der Waals surface area contributed by atoms with Crippen molar-refractivity contribution in [2.75, 3.05) is 20.8 Å². The summed E-state index contributed by atoms with van der Waals surface area (Å²) < 4.78 is 10.3. The van der Waals surface area contributed by atoms with E-state index < -0.39 is 0 Å². The Morgan fingerprint density at radius 2 is 1.60 bits per heavy atom. The van der Waals surface area contributed by atoms with Crippen molar-refractivity contribution >= 4 is 11.8 Å². The summed E-state index contributed by atoms with van der Waals surface area (Å²) in [6.45, 7) is 0.302. The molecule has 0 atom stereocenters. The van der Waals surface area contributed by atoms with Crippen LogP contribution >= 0.6 is 0 Å².